The maximum absolute atomic E-state index is 13.1. The first kappa shape index (κ1) is 19.0. The quantitative estimate of drug-likeness (QED) is 0.640. The van der Waals surface area contributed by atoms with Gasteiger partial charge in [-0.1, -0.05) is 29.8 Å². The number of halogens is 1. The van der Waals surface area contributed by atoms with Crippen molar-refractivity contribution in [3.05, 3.63) is 64.7 Å². The van der Waals surface area contributed by atoms with E-state index >= 15 is 0 Å². The molecule has 0 amide bonds. The number of carboxylic acids is 1. The van der Waals surface area contributed by atoms with Crippen LogP contribution in [-0.4, -0.2) is 36.8 Å². The number of ketones is 1. The van der Waals surface area contributed by atoms with Gasteiger partial charge < -0.3 is 14.6 Å². The van der Waals surface area contributed by atoms with Crippen LogP contribution in [0.4, 0.5) is 5.69 Å². The summed E-state index contributed by atoms with van der Waals surface area (Å²) >= 11 is 6.28. The van der Waals surface area contributed by atoms with Crippen molar-refractivity contribution >= 4 is 45.5 Å². The van der Waals surface area contributed by atoms with Gasteiger partial charge in [0.1, 0.15) is 0 Å². The first-order valence-corrected chi connectivity index (χ1v) is 9.13. The molecular weight excluding hydrogens is 394 g/mol. The number of methoxy groups -OCH3 is 2. The molecule has 7 heteroatoms. The van der Waals surface area contributed by atoms with Gasteiger partial charge in [0, 0.05) is 26.9 Å². The lowest BCUT2D eigenvalue weighted by molar-refractivity contribution is -0.137. The summed E-state index contributed by atoms with van der Waals surface area (Å²) < 4.78 is 10.6. The van der Waals surface area contributed by atoms with Crippen LogP contribution in [0.5, 0.6) is 11.5 Å². The number of carboxylic acid groups (broad SMARTS) is 1. The number of fused-ring (bicyclic) bond motifs is 3. The van der Waals surface area contributed by atoms with Crippen molar-refractivity contribution in [2.24, 2.45) is 10.9 Å². The normalized spacial score (nSPS) is 15.6. The van der Waals surface area contributed by atoms with E-state index in [1.165, 1.54) is 14.2 Å². The number of ether oxygens (including phenoxy) is 2. The highest BCUT2D eigenvalue weighted by Gasteiger charge is 2.38. The van der Waals surface area contributed by atoms with E-state index in [1.54, 1.807) is 42.5 Å². The van der Waals surface area contributed by atoms with Crippen molar-refractivity contribution < 1.29 is 24.2 Å². The highest BCUT2D eigenvalue weighted by molar-refractivity contribution is 6.37. The van der Waals surface area contributed by atoms with E-state index in [0.717, 1.165) is 5.39 Å². The Morgan fingerprint density at radius 2 is 1.79 bits per heavy atom. The molecule has 1 N–H and O–H groups in total. The van der Waals surface area contributed by atoms with Crippen LogP contribution in [0.25, 0.3) is 10.8 Å². The number of nitrogens with zero attached hydrogens (tertiary/aromatic N) is 1. The SMILES string of the molecule is COc1ccc(C2=Nc3c(ccc4c(Cl)cccc34)C(=O)C2C(=O)O)cc1OC. The van der Waals surface area contributed by atoms with E-state index in [-0.39, 0.29) is 11.3 Å². The van der Waals surface area contributed by atoms with Crippen molar-refractivity contribution in [2.45, 2.75) is 0 Å². The Balaban J connectivity index is 2.01. The van der Waals surface area contributed by atoms with E-state index in [4.69, 9.17) is 21.1 Å². The minimum absolute atomic E-state index is 0.142. The Morgan fingerprint density at radius 3 is 2.48 bits per heavy atom. The summed E-state index contributed by atoms with van der Waals surface area (Å²) in [7, 11) is 2.99. The van der Waals surface area contributed by atoms with Crippen LogP contribution in [0.15, 0.2) is 53.5 Å². The highest BCUT2D eigenvalue weighted by Crippen LogP contribution is 2.40. The molecule has 1 heterocycles. The third kappa shape index (κ3) is 3.02. The fraction of sp³-hybridized carbons (Fsp3) is 0.136. The zero-order valence-corrected chi connectivity index (χ0v) is 16.4. The van der Waals surface area contributed by atoms with Gasteiger partial charge in [-0.25, -0.2) is 0 Å². The largest absolute Gasteiger partial charge is 0.493 e. The molecule has 3 aromatic rings. The molecule has 1 unspecified atom stereocenters. The van der Waals surface area contributed by atoms with Crippen LogP contribution >= 0.6 is 11.6 Å². The molecule has 1 aliphatic heterocycles. The van der Waals surface area contributed by atoms with Gasteiger partial charge in [-0.2, -0.15) is 0 Å². The predicted molar refractivity (Wildman–Crippen MR) is 110 cm³/mol. The van der Waals surface area contributed by atoms with Gasteiger partial charge in [-0.3, -0.25) is 14.6 Å². The van der Waals surface area contributed by atoms with Crippen molar-refractivity contribution in [3.63, 3.8) is 0 Å². The van der Waals surface area contributed by atoms with Crippen LogP contribution < -0.4 is 9.47 Å². The Kier molecular flexibility index (Phi) is 4.72. The monoisotopic (exact) mass is 409 g/mol. The highest BCUT2D eigenvalue weighted by atomic mass is 35.5. The molecule has 1 atom stereocenters. The maximum Gasteiger partial charge on any atom is 0.320 e. The second-order valence-corrected chi connectivity index (χ2v) is 6.91. The number of carbonyl (C=O) groups is 2. The molecule has 146 valence electrons. The molecule has 0 fully saturated rings. The van der Waals surface area contributed by atoms with Crippen molar-refractivity contribution in [1.82, 2.24) is 0 Å². The molecule has 0 aliphatic carbocycles. The first-order valence-electron chi connectivity index (χ1n) is 8.75. The first-order chi connectivity index (χ1) is 14.0. The molecule has 29 heavy (non-hydrogen) atoms. The average Bonchev–Trinajstić information content (AvgIpc) is 2.72. The van der Waals surface area contributed by atoms with Crippen molar-refractivity contribution in [3.8, 4) is 11.5 Å². The second-order valence-electron chi connectivity index (χ2n) is 6.50. The summed E-state index contributed by atoms with van der Waals surface area (Å²) in [4.78, 5) is 29.7. The van der Waals surface area contributed by atoms with Crippen LogP contribution in [0.3, 0.4) is 0 Å². The van der Waals surface area contributed by atoms with Crippen LogP contribution in [0, 0.1) is 5.92 Å². The standard InChI is InChI=1S/C22H16ClNO5/c1-28-16-9-6-11(10-17(16)29-2)19-18(22(26)27)21(25)14-8-7-12-13(20(14)24-19)4-3-5-15(12)23/h3-10,18H,1-2H3,(H,26,27). The van der Waals surface area contributed by atoms with Crippen LogP contribution in [0.2, 0.25) is 5.02 Å². The molecule has 0 saturated heterocycles. The fourth-order valence-corrected chi connectivity index (χ4v) is 3.78. The zero-order chi connectivity index (χ0) is 20.7. The number of hydrogen-bond acceptors (Lipinski definition) is 5. The van der Waals surface area contributed by atoms with Gasteiger partial charge >= 0.3 is 5.97 Å². The van der Waals surface area contributed by atoms with E-state index in [9.17, 15) is 14.7 Å². The third-order valence-corrected chi connectivity index (χ3v) is 5.27. The number of rotatable bonds is 4. The average molecular weight is 410 g/mol. The Morgan fingerprint density at radius 1 is 1.03 bits per heavy atom. The summed E-state index contributed by atoms with van der Waals surface area (Å²) in [6.07, 6.45) is 0. The van der Waals surface area contributed by atoms with Gasteiger partial charge in [0.25, 0.3) is 0 Å². The van der Waals surface area contributed by atoms with E-state index < -0.39 is 17.7 Å². The Bertz CT molecular complexity index is 1200. The molecule has 0 aromatic heterocycles. The predicted octanol–water partition coefficient (Wildman–Crippen LogP) is 4.53. The van der Waals surface area contributed by atoms with Crippen molar-refractivity contribution in [1.29, 1.82) is 0 Å². The topological polar surface area (TPSA) is 85.2 Å². The summed E-state index contributed by atoms with van der Waals surface area (Å²) in [6, 6.07) is 13.5. The summed E-state index contributed by atoms with van der Waals surface area (Å²) in [6.45, 7) is 0. The molecule has 3 aromatic carbocycles. The van der Waals surface area contributed by atoms with E-state index in [0.29, 0.717) is 33.2 Å². The van der Waals surface area contributed by atoms with Gasteiger partial charge in [0.15, 0.2) is 23.2 Å². The number of Topliss-reactive ketones (excluding diaryl/α,β-unsaturated/α-hetero) is 1. The maximum atomic E-state index is 13.1. The minimum Gasteiger partial charge on any atom is -0.493 e. The lowest BCUT2D eigenvalue weighted by Crippen LogP contribution is -2.35. The molecule has 0 spiro atoms. The lowest BCUT2D eigenvalue weighted by atomic mass is 9.84. The van der Waals surface area contributed by atoms with E-state index in [1.807, 2.05) is 6.07 Å². The number of aliphatic carboxylic acids is 1. The molecule has 0 saturated carbocycles. The van der Waals surface area contributed by atoms with Crippen LogP contribution in [0.1, 0.15) is 15.9 Å². The summed E-state index contributed by atoms with van der Waals surface area (Å²) in [5, 5.41) is 11.7. The molecule has 4 rings (SSSR count). The Labute approximate surface area is 171 Å². The third-order valence-electron chi connectivity index (χ3n) is 4.94. The second kappa shape index (κ2) is 7.22. The lowest BCUT2D eigenvalue weighted by Gasteiger charge is -2.23. The van der Waals surface area contributed by atoms with Gasteiger partial charge in [0.2, 0.25) is 0 Å². The van der Waals surface area contributed by atoms with Gasteiger partial charge in [-0.15, -0.1) is 0 Å². The molecule has 1 aliphatic rings. The van der Waals surface area contributed by atoms with Gasteiger partial charge in [0.05, 0.1) is 25.6 Å². The molecule has 0 radical (unpaired) electrons. The minimum atomic E-state index is -1.42. The Hall–Kier alpha value is -3.38. The van der Waals surface area contributed by atoms with Gasteiger partial charge in [-0.05, 0) is 30.3 Å². The summed E-state index contributed by atoms with van der Waals surface area (Å²) in [5.74, 6) is -2.30. The molecule has 0 bridgehead atoms. The fourth-order valence-electron chi connectivity index (χ4n) is 3.54. The summed E-state index contributed by atoms with van der Waals surface area (Å²) in [5.41, 5.74) is 1.28. The van der Waals surface area contributed by atoms with Crippen LogP contribution in [-0.2, 0) is 4.79 Å². The smallest absolute Gasteiger partial charge is 0.320 e. The number of benzene rings is 3. The number of hydrogen-bond donors (Lipinski definition) is 1. The zero-order valence-electron chi connectivity index (χ0n) is 15.6. The number of carbonyl (C=O) groups excluding carboxylic acids is 1. The molecule has 6 nitrogen and oxygen atoms in total. The molecular formula is C22H16ClNO5. The van der Waals surface area contributed by atoms with Crippen molar-refractivity contribution in [2.75, 3.05) is 14.2 Å². The number of aliphatic imine (C=N–C) groups is 1. The van der Waals surface area contributed by atoms with E-state index in [2.05, 4.69) is 4.99 Å².